The molecule has 0 aliphatic heterocycles. The standard InChI is InChI=1S/C10H13N3O2/c1-14-10(5-3-6-10)9-12-8(15-13-9)4-2-7-11/h2-6H2,1H3. The predicted molar refractivity (Wildman–Crippen MR) is 50.8 cm³/mol. The second kappa shape index (κ2) is 3.99. The lowest BCUT2D eigenvalue weighted by molar-refractivity contribution is -0.0858. The highest BCUT2D eigenvalue weighted by molar-refractivity contribution is 5.06. The van der Waals surface area contributed by atoms with Gasteiger partial charge in [-0.1, -0.05) is 5.16 Å². The largest absolute Gasteiger partial charge is 0.370 e. The van der Waals surface area contributed by atoms with E-state index in [0.717, 1.165) is 19.3 Å². The highest BCUT2D eigenvalue weighted by Gasteiger charge is 2.43. The van der Waals surface area contributed by atoms with Crippen LogP contribution in [0.5, 0.6) is 0 Å². The van der Waals surface area contributed by atoms with Crippen molar-refractivity contribution in [1.29, 1.82) is 5.26 Å². The number of nitriles is 1. The maximum absolute atomic E-state index is 8.43. The monoisotopic (exact) mass is 207 g/mol. The van der Waals surface area contributed by atoms with E-state index in [1.54, 1.807) is 7.11 Å². The van der Waals surface area contributed by atoms with Gasteiger partial charge in [0.15, 0.2) is 0 Å². The lowest BCUT2D eigenvalue weighted by Gasteiger charge is -2.37. The van der Waals surface area contributed by atoms with Crippen molar-refractivity contribution in [2.75, 3.05) is 7.11 Å². The van der Waals surface area contributed by atoms with Crippen molar-refractivity contribution in [2.24, 2.45) is 0 Å². The quantitative estimate of drug-likeness (QED) is 0.749. The molecule has 2 rings (SSSR count). The van der Waals surface area contributed by atoms with Gasteiger partial charge in [0.05, 0.1) is 6.07 Å². The van der Waals surface area contributed by atoms with Crippen molar-refractivity contribution in [3.8, 4) is 6.07 Å². The molecule has 80 valence electrons. The average molecular weight is 207 g/mol. The zero-order chi connectivity index (χ0) is 10.7. The second-order valence-electron chi connectivity index (χ2n) is 3.72. The van der Waals surface area contributed by atoms with Crippen molar-refractivity contribution in [1.82, 2.24) is 10.1 Å². The molecule has 1 aromatic heterocycles. The summed E-state index contributed by atoms with van der Waals surface area (Å²) in [6.45, 7) is 0. The number of ether oxygens (including phenoxy) is 1. The summed E-state index contributed by atoms with van der Waals surface area (Å²) >= 11 is 0. The van der Waals surface area contributed by atoms with Crippen molar-refractivity contribution in [2.45, 2.75) is 37.7 Å². The van der Waals surface area contributed by atoms with Gasteiger partial charge in [-0.2, -0.15) is 10.2 Å². The lowest BCUT2D eigenvalue weighted by atomic mass is 9.79. The highest BCUT2D eigenvalue weighted by Crippen LogP contribution is 2.42. The highest BCUT2D eigenvalue weighted by atomic mass is 16.5. The summed E-state index contributed by atoms with van der Waals surface area (Å²) in [6, 6.07) is 2.05. The third-order valence-electron chi connectivity index (χ3n) is 2.88. The van der Waals surface area contributed by atoms with Gasteiger partial charge in [-0.25, -0.2) is 0 Å². The molecule has 0 unspecified atom stereocenters. The van der Waals surface area contributed by atoms with Crippen molar-refractivity contribution < 1.29 is 9.26 Å². The third-order valence-corrected chi connectivity index (χ3v) is 2.88. The Morgan fingerprint density at radius 1 is 1.60 bits per heavy atom. The first kappa shape index (κ1) is 10.1. The first-order valence-corrected chi connectivity index (χ1v) is 5.06. The summed E-state index contributed by atoms with van der Waals surface area (Å²) in [6.07, 6.45) is 3.95. The van der Waals surface area contributed by atoms with Gasteiger partial charge in [0, 0.05) is 20.0 Å². The summed E-state index contributed by atoms with van der Waals surface area (Å²) in [7, 11) is 1.67. The molecular formula is C10H13N3O2. The molecule has 5 nitrogen and oxygen atoms in total. The Morgan fingerprint density at radius 3 is 2.93 bits per heavy atom. The zero-order valence-corrected chi connectivity index (χ0v) is 8.69. The number of hydrogen-bond donors (Lipinski definition) is 0. The summed E-state index contributed by atoms with van der Waals surface area (Å²) in [5.41, 5.74) is -0.325. The van der Waals surface area contributed by atoms with Crippen LogP contribution < -0.4 is 0 Å². The normalized spacial score (nSPS) is 18.1. The molecular weight excluding hydrogens is 194 g/mol. The van der Waals surface area contributed by atoms with Gasteiger partial charge in [0.1, 0.15) is 5.60 Å². The summed E-state index contributed by atoms with van der Waals surface area (Å²) in [5, 5.41) is 12.3. The van der Waals surface area contributed by atoms with E-state index >= 15 is 0 Å². The molecule has 0 N–H and O–H groups in total. The van der Waals surface area contributed by atoms with E-state index in [4.69, 9.17) is 14.5 Å². The van der Waals surface area contributed by atoms with Crippen molar-refractivity contribution in [3.05, 3.63) is 11.7 Å². The van der Waals surface area contributed by atoms with Crippen molar-refractivity contribution in [3.63, 3.8) is 0 Å². The van der Waals surface area contributed by atoms with E-state index in [0.29, 0.717) is 24.6 Å². The fraction of sp³-hybridized carbons (Fsp3) is 0.700. The number of methoxy groups -OCH3 is 1. The van der Waals surface area contributed by atoms with Crippen LogP contribution in [0.1, 0.15) is 37.4 Å². The molecule has 1 aromatic rings. The van der Waals surface area contributed by atoms with Crippen LogP contribution in [0.4, 0.5) is 0 Å². The molecule has 1 fully saturated rings. The Kier molecular flexibility index (Phi) is 2.69. The number of aryl methyl sites for hydroxylation is 1. The molecule has 0 radical (unpaired) electrons. The van der Waals surface area contributed by atoms with Gasteiger partial charge in [0.2, 0.25) is 11.7 Å². The van der Waals surface area contributed by atoms with E-state index in [2.05, 4.69) is 10.1 Å². The van der Waals surface area contributed by atoms with Crippen LogP contribution in [-0.4, -0.2) is 17.3 Å². The van der Waals surface area contributed by atoms with Crippen LogP contribution >= 0.6 is 0 Å². The first-order valence-electron chi connectivity index (χ1n) is 5.06. The molecule has 0 bridgehead atoms. The van der Waals surface area contributed by atoms with Crippen LogP contribution in [-0.2, 0) is 16.8 Å². The molecule has 1 aliphatic carbocycles. The number of rotatable bonds is 4. The van der Waals surface area contributed by atoms with Gasteiger partial charge in [-0.3, -0.25) is 0 Å². The molecule has 15 heavy (non-hydrogen) atoms. The van der Waals surface area contributed by atoms with E-state index in [1.165, 1.54) is 0 Å². The predicted octanol–water partition coefficient (Wildman–Crippen LogP) is 1.55. The van der Waals surface area contributed by atoms with E-state index in [1.807, 2.05) is 6.07 Å². The lowest BCUT2D eigenvalue weighted by Crippen LogP contribution is -2.37. The van der Waals surface area contributed by atoms with Crippen LogP contribution in [0.15, 0.2) is 4.52 Å². The van der Waals surface area contributed by atoms with E-state index in [9.17, 15) is 0 Å². The maximum atomic E-state index is 8.43. The maximum Gasteiger partial charge on any atom is 0.227 e. The first-order chi connectivity index (χ1) is 7.30. The van der Waals surface area contributed by atoms with E-state index < -0.39 is 0 Å². The molecule has 1 aliphatic rings. The molecule has 0 saturated heterocycles. The zero-order valence-electron chi connectivity index (χ0n) is 8.69. The molecule has 1 saturated carbocycles. The van der Waals surface area contributed by atoms with Crippen molar-refractivity contribution >= 4 is 0 Å². The Balaban J connectivity index is 2.09. The molecule has 0 amide bonds. The fourth-order valence-electron chi connectivity index (χ4n) is 1.72. The Morgan fingerprint density at radius 2 is 2.40 bits per heavy atom. The van der Waals surface area contributed by atoms with Gasteiger partial charge < -0.3 is 9.26 Å². The Hall–Kier alpha value is -1.41. The topological polar surface area (TPSA) is 71.9 Å². The Bertz CT molecular complexity index is 371. The van der Waals surface area contributed by atoms with E-state index in [-0.39, 0.29) is 5.60 Å². The minimum absolute atomic E-state index is 0.325. The van der Waals surface area contributed by atoms with Crippen LogP contribution in [0.2, 0.25) is 0 Å². The van der Waals surface area contributed by atoms with Crippen LogP contribution in [0.25, 0.3) is 0 Å². The van der Waals surface area contributed by atoms with Crippen LogP contribution in [0.3, 0.4) is 0 Å². The third kappa shape index (κ3) is 1.73. The average Bonchev–Trinajstić information content (AvgIpc) is 2.63. The second-order valence-corrected chi connectivity index (χ2v) is 3.72. The molecule has 0 atom stereocenters. The molecule has 1 heterocycles. The summed E-state index contributed by atoms with van der Waals surface area (Å²) in [4.78, 5) is 4.26. The fourth-order valence-corrected chi connectivity index (χ4v) is 1.72. The van der Waals surface area contributed by atoms with Gasteiger partial charge in [-0.05, 0) is 19.3 Å². The van der Waals surface area contributed by atoms with Crippen LogP contribution in [0, 0.1) is 11.3 Å². The molecule has 5 heteroatoms. The van der Waals surface area contributed by atoms with Gasteiger partial charge in [0.25, 0.3) is 0 Å². The number of nitrogens with zero attached hydrogens (tertiary/aromatic N) is 3. The minimum atomic E-state index is -0.325. The number of aromatic nitrogens is 2. The number of hydrogen-bond acceptors (Lipinski definition) is 5. The Labute approximate surface area is 88.0 Å². The van der Waals surface area contributed by atoms with Gasteiger partial charge in [-0.15, -0.1) is 0 Å². The molecule has 0 aromatic carbocycles. The SMILES string of the molecule is COC1(c2noc(CCC#N)n2)CCC1. The minimum Gasteiger partial charge on any atom is -0.370 e. The summed E-state index contributed by atoms with van der Waals surface area (Å²) in [5.74, 6) is 1.15. The molecule has 0 spiro atoms. The smallest absolute Gasteiger partial charge is 0.227 e. The summed E-state index contributed by atoms with van der Waals surface area (Å²) < 4.78 is 10.5. The van der Waals surface area contributed by atoms with Gasteiger partial charge >= 0.3 is 0 Å².